The number of halogens is 5. The highest BCUT2D eigenvalue weighted by Gasteiger charge is 2.34. The number of aromatic nitrogens is 6. The largest absolute Gasteiger partial charge is 0.477 e. The summed E-state index contributed by atoms with van der Waals surface area (Å²) >= 11 is 5.86. The number of pyridine rings is 2. The summed E-state index contributed by atoms with van der Waals surface area (Å²) in [6.45, 7) is 1.91. The van der Waals surface area contributed by atoms with Crippen molar-refractivity contribution in [3.05, 3.63) is 101 Å². The summed E-state index contributed by atoms with van der Waals surface area (Å²) in [5.41, 5.74) is 0.585. The topological polar surface area (TPSA) is 117 Å². The number of esters is 1. The first-order chi connectivity index (χ1) is 21.1. The third-order valence-electron chi connectivity index (χ3n) is 6.08. The molecule has 44 heavy (non-hydrogen) atoms. The number of rotatable bonds is 10. The first kappa shape index (κ1) is 30.4. The van der Waals surface area contributed by atoms with Crippen molar-refractivity contribution in [1.29, 1.82) is 0 Å². The summed E-state index contributed by atoms with van der Waals surface area (Å²) in [5, 5.41) is 6.33. The lowest BCUT2D eigenvalue weighted by Gasteiger charge is -2.14. The van der Waals surface area contributed by atoms with Crippen LogP contribution in [0.15, 0.2) is 73.4 Å². The molecule has 5 aromatic rings. The Hall–Kier alpha value is -5.11. The standard InChI is InChI=1S/C29H22ClF4N7O3/c1-2-43-27(42)20-13-18(15-36-26(20)44-12-8-17-5-9-35-10-6-17)21-16-37-28(38-19-3-4-23(31)22(30)14-19)39-25(21)41-11-7-24(40-41)29(32,33)34/h3-7,9-11,13-16H,2,8,12H2,1H3,(H,37,38,39). The molecule has 0 bridgehead atoms. The number of carbonyl (C=O) groups excluding carboxylic acids is 1. The average molecular weight is 628 g/mol. The van der Waals surface area contributed by atoms with Crippen LogP contribution in [0.5, 0.6) is 5.88 Å². The Bertz CT molecular complexity index is 1790. The SMILES string of the molecule is CCOC(=O)c1cc(-c2cnc(Nc3ccc(F)c(Cl)c3)nc2-n2ccc(C(F)(F)F)n2)cnc1OCCc1ccncc1. The van der Waals surface area contributed by atoms with E-state index in [9.17, 15) is 22.4 Å². The molecule has 0 saturated carbocycles. The van der Waals surface area contributed by atoms with Crippen molar-refractivity contribution in [2.24, 2.45) is 0 Å². The van der Waals surface area contributed by atoms with E-state index in [2.05, 4.69) is 30.4 Å². The lowest BCUT2D eigenvalue weighted by atomic mass is 10.1. The predicted molar refractivity (Wildman–Crippen MR) is 151 cm³/mol. The molecular formula is C29H22ClF4N7O3. The molecule has 0 amide bonds. The fraction of sp³-hybridized carbons (Fsp3) is 0.172. The molecule has 0 unspecified atom stereocenters. The van der Waals surface area contributed by atoms with Crippen molar-refractivity contribution in [3.63, 3.8) is 0 Å². The number of anilines is 2. The van der Waals surface area contributed by atoms with Gasteiger partial charge in [0.25, 0.3) is 0 Å². The molecule has 0 atom stereocenters. The second kappa shape index (κ2) is 13.0. The molecule has 0 spiro atoms. The molecule has 4 aromatic heterocycles. The summed E-state index contributed by atoms with van der Waals surface area (Å²) in [6, 6.07) is 9.69. The van der Waals surface area contributed by atoms with Gasteiger partial charge in [-0.1, -0.05) is 11.6 Å². The van der Waals surface area contributed by atoms with Crippen LogP contribution >= 0.6 is 11.6 Å². The van der Waals surface area contributed by atoms with E-state index in [1.807, 2.05) is 12.1 Å². The Morgan fingerprint density at radius 2 is 1.86 bits per heavy atom. The number of hydrogen-bond donors (Lipinski definition) is 1. The Morgan fingerprint density at radius 1 is 1.07 bits per heavy atom. The monoisotopic (exact) mass is 627 g/mol. The fourth-order valence-electron chi connectivity index (χ4n) is 3.99. The molecule has 5 rings (SSSR count). The second-order valence-electron chi connectivity index (χ2n) is 9.08. The Labute approximate surface area is 252 Å². The van der Waals surface area contributed by atoms with Gasteiger partial charge in [-0.15, -0.1) is 0 Å². The van der Waals surface area contributed by atoms with Gasteiger partial charge in [0.2, 0.25) is 11.8 Å². The minimum atomic E-state index is -4.71. The van der Waals surface area contributed by atoms with Crippen LogP contribution in [0.3, 0.4) is 0 Å². The lowest BCUT2D eigenvalue weighted by molar-refractivity contribution is -0.141. The van der Waals surface area contributed by atoms with Gasteiger partial charge in [0.05, 0.1) is 18.2 Å². The van der Waals surface area contributed by atoms with Gasteiger partial charge in [0.15, 0.2) is 11.5 Å². The third kappa shape index (κ3) is 7.09. The second-order valence-corrected chi connectivity index (χ2v) is 9.49. The molecule has 1 N–H and O–H groups in total. The van der Waals surface area contributed by atoms with E-state index >= 15 is 0 Å². The molecule has 10 nitrogen and oxygen atoms in total. The summed E-state index contributed by atoms with van der Waals surface area (Å²) in [6.07, 6.45) is 2.88. The zero-order chi connectivity index (χ0) is 31.3. The maximum absolute atomic E-state index is 13.6. The highest BCUT2D eigenvalue weighted by Crippen LogP contribution is 2.32. The van der Waals surface area contributed by atoms with Crippen LogP contribution < -0.4 is 10.1 Å². The van der Waals surface area contributed by atoms with E-state index in [0.29, 0.717) is 12.1 Å². The summed E-state index contributed by atoms with van der Waals surface area (Å²) in [7, 11) is 0. The summed E-state index contributed by atoms with van der Waals surface area (Å²) in [4.78, 5) is 29.8. The Balaban J connectivity index is 1.53. The van der Waals surface area contributed by atoms with E-state index in [0.717, 1.165) is 28.6 Å². The maximum atomic E-state index is 13.6. The quantitative estimate of drug-likeness (QED) is 0.137. The fourth-order valence-corrected chi connectivity index (χ4v) is 4.17. The van der Waals surface area contributed by atoms with Crippen LogP contribution in [0.1, 0.15) is 28.5 Å². The van der Waals surface area contributed by atoms with E-state index in [4.69, 9.17) is 21.1 Å². The number of benzene rings is 1. The molecular weight excluding hydrogens is 606 g/mol. The zero-order valence-electron chi connectivity index (χ0n) is 22.8. The van der Waals surface area contributed by atoms with Gasteiger partial charge in [-0.3, -0.25) is 4.98 Å². The van der Waals surface area contributed by atoms with Gasteiger partial charge in [-0.25, -0.2) is 23.8 Å². The average Bonchev–Trinajstić information content (AvgIpc) is 3.51. The van der Waals surface area contributed by atoms with Gasteiger partial charge in [-0.05, 0) is 55.0 Å². The van der Waals surface area contributed by atoms with Gasteiger partial charge < -0.3 is 14.8 Å². The molecule has 226 valence electrons. The van der Waals surface area contributed by atoms with Crippen molar-refractivity contribution in [3.8, 4) is 22.8 Å². The highest BCUT2D eigenvalue weighted by molar-refractivity contribution is 6.31. The first-order valence-corrected chi connectivity index (χ1v) is 13.4. The maximum Gasteiger partial charge on any atom is 0.435 e. The van der Waals surface area contributed by atoms with Crippen LogP contribution in [0.2, 0.25) is 5.02 Å². The molecule has 0 aliphatic carbocycles. The molecule has 0 aliphatic heterocycles. The van der Waals surface area contributed by atoms with Gasteiger partial charge in [-0.2, -0.15) is 23.3 Å². The van der Waals surface area contributed by atoms with Crippen molar-refractivity contribution >= 4 is 29.2 Å². The van der Waals surface area contributed by atoms with Gasteiger partial charge in [0, 0.05) is 54.2 Å². The van der Waals surface area contributed by atoms with Crippen LogP contribution in [0, 0.1) is 5.82 Å². The molecule has 4 heterocycles. The summed E-state index contributed by atoms with van der Waals surface area (Å²) < 4.78 is 65.8. The first-order valence-electron chi connectivity index (χ1n) is 13.0. The van der Waals surface area contributed by atoms with Crippen LogP contribution in [-0.2, 0) is 17.3 Å². The van der Waals surface area contributed by atoms with Gasteiger partial charge in [0.1, 0.15) is 11.4 Å². The smallest absolute Gasteiger partial charge is 0.435 e. The minimum Gasteiger partial charge on any atom is -0.477 e. The van der Waals surface area contributed by atoms with Gasteiger partial charge >= 0.3 is 12.1 Å². The normalized spacial score (nSPS) is 11.3. The molecule has 15 heteroatoms. The minimum absolute atomic E-state index is 0.00801. The molecule has 0 aliphatic rings. The van der Waals surface area contributed by atoms with Crippen molar-refractivity contribution in [2.45, 2.75) is 19.5 Å². The molecule has 0 fully saturated rings. The molecule has 0 radical (unpaired) electrons. The van der Waals surface area contributed by atoms with Crippen LogP contribution in [-0.4, -0.2) is 48.9 Å². The number of carbonyl (C=O) groups is 1. The van der Waals surface area contributed by atoms with E-state index in [1.54, 1.807) is 19.3 Å². The highest BCUT2D eigenvalue weighted by atomic mass is 35.5. The number of hydrogen-bond acceptors (Lipinski definition) is 9. The van der Waals surface area contributed by atoms with Crippen LogP contribution in [0.4, 0.5) is 29.2 Å². The van der Waals surface area contributed by atoms with Crippen molar-refractivity contribution in [2.75, 3.05) is 18.5 Å². The van der Waals surface area contributed by atoms with E-state index < -0.39 is 23.7 Å². The Morgan fingerprint density at radius 3 is 2.57 bits per heavy atom. The Kier molecular flexibility index (Phi) is 8.99. The number of nitrogens with zero attached hydrogens (tertiary/aromatic N) is 6. The molecule has 0 saturated heterocycles. The van der Waals surface area contributed by atoms with Crippen LogP contribution in [0.25, 0.3) is 16.9 Å². The summed E-state index contributed by atoms with van der Waals surface area (Å²) in [5.74, 6) is -1.47. The predicted octanol–water partition coefficient (Wildman–Crippen LogP) is 6.47. The number of nitrogens with one attached hydrogen (secondary N) is 1. The third-order valence-corrected chi connectivity index (χ3v) is 6.37. The zero-order valence-corrected chi connectivity index (χ0v) is 23.6. The number of alkyl halides is 3. The van der Waals surface area contributed by atoms with Crippen molar-refractivity contribution in [1.82, 2.24) is 29.7 Å². The van der Waals surface area contributed by atoms with Crippen molar-refractivity contribution < 1.29 is 31.8 Å². The molecule has 1 aromatic carbocycles. The lowest BCUT2D eigenvalue weighted by Crippen LogP contribution is -2.12. The number of ether oxygens (including phenoxy) is 2. The van der Waals surface area contributed by atoms with E-state index in [-0.39, 0.29) is 52.6 Å². The van der Waals surface area contributed by atoms with E-state index in [1.165, 1.54) is 30.6 Å².